The molecule has 4 heteroatoms. The van der Waals surface area contributed by atoms with E-state index in [-0.39, 0.29) is 5.56 Å². The Hall–Kier alpha value is -1.45. The summed E-state index contributed by atoms with van der Waals surface area (Å²) in [5.41, 5.74) is 1.38. The number of halogens is 2. The Kier molecular flexibility index (Phi) is 1.76. The molecular formula is C9H8F2N2. The molecule has 0 aliphatic rings. The van der Waals surface area contributed by atoms with Crippen molar-refractivity contribution in [3.8, 4) is 0 Å². The van der Waals surface area contributed by atoms with Gasteiger partial charge in [0.05, 0.1) is 17.4 Å². The topological polar surface area (TPSA) is 17.8 Å². The fraction of sp³-hybridized carbons (Fsp3) is 0.222. The minimum atomic E-state index is -0.785. The molecule has 68 valence electrons. The number of alkyl halides is 1. The van der Waals surface area contributed by atoms with E-state index in [9.17, 15) is 8.78 Å². The van der Waals surface area contributed by atoms with Crippen LogP contribution in [0.25, 0.3) is 11.0 Å². The van der Waals surface area contributed by atoms with Crippen molar-refractivity contribution in [2.24, 2.45) is 7.05 Å². The molecule has 0 unspecified atom stereocenters. The Bertz CT molecular complexity index is 448. The van der Waals surface area contributed by atoms with Crippen molar-refractivity contribution in [3.05, 3.63) is 29.8 Å². The molecular weight excluding hydrogens is 174 g/mol. The van der Waals surface area contributed by atoms with E-state index >= 15 is 0 Å². The summed E-state index contributed by atoms with van der Waals surface area (Å²) >= 11 is 0. The zero-order chi connectivity index (χ0) is 9.42. The predicted octanol–water partition coefficient (Wildman–Crippen LogP) is 2.18. The van der Waals surface area contributed by atoms with Gasteiger partial charge in [0.25, 0.3) is 0 Å². The average molecular weight is 182 g/mol. The number of nitrogens with zero attached hydrogens (tertiary/aromatic N) is 2. The van der Waals surface area contributed by atoms with Crippen molar-refractivity contribution in [3.63, 3.8) is 0 Å². The van der Waals surface area contributed by atoms with Gasteiger partial charge in [0, 0.05) is 18.7 Å². The third-order valence-corrected chi connectivity index (χ3v) is 2.04. The maximum Gasteiger partial charge on any atom is 0.131 e. The molecule has 0 aliphatic heterocycles. The summed E-state index contributed by atoms with van der Waals surface area (Å²) in [5, 5.41) is 0. The average Bonchev–Trinajstić information content (AvgIpc) is 2.46. The molecule has 1 heterocycles. The van der Waals surface area contributed by atoms with E-state index in [2.05, 4.69) is 4.98 Å². The molecule has 2 aromatic rings. The number of aromatic nitrogens is 2. The van der Waals surface area contributed by atoms with Gasteiger partial charge in [-0.3, -0.25) is 0 Å². The summed E-state index contributed by atoms with van der Waals surface area (Å²) < 4.78 is 27.1. The SMILES string of the molecule is Cn1cnc2cc(F)c(CF)cc21. The van der Waals surface area contributed by atoms with E-state index in [4.69, 9.17) is 0 Å². The van der Waals surface area contributed by atoms with Gasteiger partial charge in [-0.25, -0.2) is 13.8 Å². The lowest BCUT2D eigenvalue weighted by molar-refractivity contribution is 0.464. The summed E-state index contributed by atoms with van der Waals surface area (Å²) in [7, 11) is 1.79. The number of hydrogen-bond donors (Lipinski definition) is 0. The first-order chi connectivity index (χ1) is 6.22. The van der Waals surface area contributed by atoms with Crippen LogP contribution in [-0.4, -0.2) is 9.55 Å². The molecule has 0 aliphatic carbocycles. The van der Waals surface area contributed by atoms with Crippen LogP contribution in [0.3, 0.4) is 0 Å². The van der Waals surface area contributed by atoms with E-state index in [0.29, 0.717) is 5.52 Å². The molecule has 0 radical (unpaired) electrons. The van der Waals surface area contributed by atoms with Crippen LogP contribution < -0.4 is 0 Å². The highest BCUT2D eigenvalue weighted by atomic mass is 19.1. The Morgan fingerprint density at radius 2 is 2.23 bits per heavy atom. The zero-order valence-corrected chi connectivity index (χ0v) is 7.09. The number of benzene rings is 1. The largest absolute Gasteiger partial charge is 0.334 e. The van der Waals surface area contributed by atoms with Gasteiger partial charge < -0.3 is 4.57 Å². The molecule has 0 N–H and O–H groups in total. The third kappa shape index (κ3) is 1.18. The minimum Gasteiger partial charge on any atom is -0.334 e. The van der Waals surface area contributed by atoms with Gasteiger partial charge in [-0.05, 0) is 6.07 Å². The van der Waals surface area contributed by atoms with E-state index < -0.39 is 12.5 Å². The maximum atomic E-state index is 13.0. The summed E-state index contributed by atoms with van der Waals surface area (Å²) in [5.74, 6) is -0.534. The molecule has 0 atom stereocenters. The van der Waals surface area contributed by atoms with Crippen LogP contribution in [0, 0.1) is 5.82 Å². The Morgan fingerprint density at radius 3 is 2.92 bits per heavy atom. The normalized spacial score (nSPS) is 11.0. The molecule has 1 aromatic carbocycles. The summed E-state index contributed by atoms with van der Waals surface area (Å²) in [6.07, 6.45) is 1.58. The standard InChI is InChI=1S/C9H8F2N2/c1-13-5-12-8-3-7(11)6(4-10)2-9(8)13/h2-3,5H,4H2,1H3. The predicted molar refractivity (Wildman–Crippen MR) is 45.5 cm³/mol. The molecule has 0 amide bonds. The molecule has 0 saturated carbocycles. The van der Waals surface area contributed by atoms with E-state index in [0.717, 1.165) is 5.52 Å². The molecule has 0 saturated heterocycles. The summed E-state index contributed by atoms with van der Waals surface area (Å²) in [4.78, 5) is 3.95. The van der Waals surface area contributed by atoms with Crippen molar-refractivity contribution in [2.75, 3.05) is 0 Å². The lowest BCUT2D eigenvalue weighted by Crippen LogP contribution is -1.89. The first-order valence-corrected chi connectivity index (χ1v) is 3.88. The van der Waals surface area contributed by atoms with Crippen LogP contribution in [0.15, 0.2) is 18.5 Å². The minimum absolute atomic E-state index is 0.0797. The number of fused-ring (bicyclic) bond motifs is 1. The van der Waals surface area contributed by atoms with Gasteiger partial charge in [0.2, 0.25) is 0 Å². The van der Waals surface area contributed by atoms with Crippen molar-refractivity contribution < 1.29 is 8.78 Å². The van der Waals surface area contributed by atoms with Gasteiger partial charge >= 0.3 is 0 Å². The quantitative estimate of drug-likeness (QED) is 0.661. The van der Waals surface area contributed by atoms with E-state index in [1.54, 1.807) is 17.9 Å². The zero-order valence-electron chi connectivity index (χ0n) is 7.09. The Balaban J connectivity index is 2.77. The second-order valence-electron chi connectivity index (χ2n) is 2.92. The second-order valence-corrected chi connectivity index (χ2v) is 2.92. The van der Waals surface area contributed by atoms with Gasteiger partial charge in [0.1, 0.15) is 12.5 Å². The monoisotopic (exact) mass is 182 g/mol. The molecule has 13 heavy (non-hydrogen) atoms. The van der Waals surface area contributed by atoms with Gasteiger partial charge in [0.15, 0.2) is 0 Å². The molecule has 2 rings (SSSR count). The third-order valence-electron chi connectivity index (χ3n) is 2.04. The Labute approximate surface area is 73.8 Å². The lowest BCUT2D eigenvalue weighted by atomic mass is 10.2. The first kappa shape index (κ1) is 8.16. The lowest BCUT2D eigenvalue weighted by Gasteiger charge is -1.99. The second kappa shape index (κ2) is 2.80. The fourth-order valence-corrected chi connectivity index (χ4v) is 1.29. The van der Waals surface area contributed by atoms with Gasteiger partial charge in [-0.1, -0.05) is 0 Å². The van der Waals surface area contributed by atoms with Crippen molar-refractivity contribution in [1.29, 1.82) is 0 Å². The van der Waals surface area contributed by atoms with E-state index in [1.165, 1.54) is 12.1 Å². The first-order valence-electron chi connectivity index (χ1n) is 3.88. The number of hydrogen-bond acceptors (Lipinski definition) is 1. The highest BCUT2D eigenvalue weighted by Crippen LogP contribution is 2.18. The molecule has 0 bridgehead atoms. The fourth-order valence-electron chi connectivity index (χ4n) is 1.29. The van der Waals surface area contributed by atoms with Crippen molar-refractivity contribution in [1.82, 2.24) is 9.55 Å². The Morgan fingerprint density at radius 1 is 1.46 bits per heavy atom. The highest BCUT2D eigenvalue weighted by molar-refractivity contribution is 5.76. The van der Waals surface area contributed by atoms with Crippen LogP contribution in [0.5, 0.6) is 0 Å². The number of imidazole rings is 1. The molecule has 0 fully saturated rings. The summed E-state index contributed by atoms with van der Waals surface area (Å²) in [6, 6.07) is 2.74. The van der Waals surface area contributed by atoms with Crippen LogP contribution in [-0.2, 0) is 13.7 Å². The molecule has 1 aromatic heterocycles. The summed E-state index contributed by atoms with van der Waals surface area (Å²) in [6.45, 7) is -0.785. The smallest absolute Gasteiger partial charge is 0.131 e. The van der Waals surface area contributed by atoms with Crippen molar-refractivity contribution >= 4 is 11.0 Å². The maximum absolute atomic E-state index is 13.0. The molecule has 2 nitrogen and oxygen atoms in total. The molecule has 0 spiro atoms. The van der Waals surface area contributed by atoms with Crippen LogP contribution in [0.1, 0.15) is 5.56 Å². The van der Waals surface area contributed by atoms with Crippen LogP contribution in [0.2, 0.25) is 0 Å². The van der Waals surface area contributed by atoms with Crippen LogP contribution in [0.4, 0.5) is 8.78 Å². The number of aryl methyl sites for hydroxylation is 1. The highest BCUT2D eigenvalue weighted by Gasteiger charge is 2.06. The van der Waals surface area contributed by atoms with E-state index in [1.807, 2.05) is 0 Å². The number of rotatable bonds is 1. The van der Waals surface area contributed by atoms with Gasteiger partial charge in [-0.15, -0.1) is 0 Å². The van der Waals surface area contributed by atoms with Crippen LogP contribution >= 0.6 is 0 Å². The van der Waals surface area contributed by atoms with Crippen molar-refractivity contribution in [2.45, 2.75) is 6.67 Å². The van der Waals surface area contributed by atoms with Gasteiger partial charge in [-0.2, -0.15) is 0 Å².